The minimum Gasteiger partial charge on any atom is -0.357 e. The van der Waals surface area contributed by atoms with Crippen LogP contribution in [0.3, 0.4) is 0 Å². The molecule has 2 amide bonds. The van der Waals surface area contributed by atoms with Gasteiger partial charge in [-0.25, -0.2) is 4.79 Å². The third-order valence-corrected chi connectivity index (χ3v) is 2.13. The van der Waals surface area contributed by atoms with Gasteiger partial charge in [0.2, 0.25) is 0 Å². The maximum atomic E-state index is 11.0. The number of carbonyl (C=O) groups is 1. The number of halogens is 1. The maximum absolute atomic E-state index is 11.0. The molecule has 2 N–H and O–H groups in total. The molecule has 0 aliphatic heterocycles. The van der Waals surface area contributed by atoms with Crippen LogP contribution in [-0.4, -0.2) is 18.2 Å². The van der Waals surface area contributed by atoms with Crippen LogP contribution in [0.15, 0.2) is 4.52 Å². The van der Waals surface area contributed by atoms with Crippen molar-refractivity contribution in [3.63, 3.8) is 0 Å². The molecule has 0 atom stereocenters. The predicted octanol–water partition coefficient (Wildman–Crippen LogP) is 2.38. The minimum absolute atomic E-state index is 0.237. The molecule has 1 rings (SSSR count). The summed E-state index contributed by atoms with van der Waals surface area (Å²) in [7, 11) is 1.51. The van der Waals surface area contributed by atoms with Gasteiger partial charge in [-0.2, -0.15) is 0 Å². The molecule has 15 heavy (non-hydrogen) atoms. The van der Waals surface area contributed by atoms with Crippen molar-refractivity contribution in [2.24, 2.45) is 0 Å². The second-order valence-electron chi connectivity index (χ2n) is 4.13. The summed E-state index contributed by atoms with van der Waals surface area (Å²) in [5.74, 6) is 0.788. The van der Waals surface area contributed by atoms with E-state index in [0.29, 0.717) is 10.8 Å². The summed E-state index contributed by atoms with van der Waals surface area (Å²) >= 11 is 6.01. The van der Waals surface area contributed by atoms with E-state index in [0.717, 1.165) is 0 Å². The van der Waals surface area contributed by atoms with Crippen molar-refractivity contribution in [2.75, 3.05) is 12.4 Å². The van der Waals surface area contributed by atoms with E-state index < -0.39 is 0 Å². The van der Waals surface area contributed by atoms with E-state index in [2.05, 4.69) is 15.8 Å². The van der Waals surface area contributed by atoms with Gasteiger partial charge in [-0.1, -0.05) is 37.5 Å². The second-order valence-corrected chi connectivity index (χ2v) is 4.51. The van der Waals surface area contributed by atoms with Gasteiger partial charge in [0, 0.05) is 12.5 Å². The van der Waals surface area contributed by atoms with E-state index in [1.54, 1.807) is 0 Å². The van der Waals surface area contributed by atoms with Crippen molar-refractivity contribution in [1.29, 1.82) is 0 Å². The van der Waals surface area contributed by atoms with Crippen molar-refractivity contribution in [3.05, 3.63) is 10.8 Å². The number of anilines is 1. The Labute approximate surface area is 93.2 Å². The molecule has 5 nitrogen and oxygen atoms in total. The highest BCUT2D eigenvalue weighted by Crippen LogP contribution is 2.34. The van der Waals surface area contributed by atoms with E-state index in [1.165, 1.54) is 7.05 Å². The quantitative estimate of drug-likeness (QED) is 0.780. The Hall–Kier alpha value is -1.23. The van der Waals surface area contributed by atoms with Crippen LogP contribution < -0.4 is 10.6 Å². The molecule has 1 aromatic heterocycles. The monoisotopic (exact) mass is 231 g/mol. The fraction of sp³-hybridized carbons (Fsp3) is 0.556. The number of hydrogen-bond donors (Lipinski definition) is 2. The lowest BCUT2D eigenvalue weighted by Crippen LogP contribution is -2.24. The molecule has 1 heterocycles. The fourth-order valence-electron chi connectivity index (χ4n) is 0.993. The summed E-state index contributed by atoms with van der Waals surface area (Å²) in [5, 5.41) is 8.89. The Balaban J connectivity index is 2.95. The zero-order valence-electron chi connectivity index (χ0n) is 9.14. The number of urea groups is 1. The molecule has 84 valence electrons. The lowest BCUT2D eigenvalue weighted by Gasteiger charge is -2.13. The van der Waals surface area contributed by atoms with Crippen LogP contribution in [0.2, 0.25) is 5.02 Å². The lowest BCUT2D eigenvalue weighted by atomic mass is 9.93. The van der Waals surface area contributed by atoms with Gasteiger partial charge in [-0.05, 0) is 0 Å². The first-order valence-corrected chi connectivity index (χ1v) is 4.88. The Morgan fingerprint density at radius 1 is 1.47 bits per heavy atom. The van der Waals surface area contributed by atoms with Gasteiger partial charge >= 0.3 is 6.03 Å². The van der Waals surface area contributed by atoms with Crippen molar-refractivity contribution in [3.8, 4) is 0 Å². The average molecular weight is 232 g/mol. The zero-order valence-corrected chi connectivity index (χ0v) is 9.90. The highest BCUT2D eigenvalue weighted by atomic mass is 35.5. The zero-order chi connectivity index (χ0) is 11.6. The van der Waals surface area contributed by atoms with E-state index >= 15 is 0 Å². The van der Waals surface area contributed by atoms with Crippen LogP contribution in [0.5, 0.6) is 0 Å². The SMILES string of the molecule is CNC(=O)Nc1noc(C(C)(C)C)c1Cl. The van der Waals surface area contributed by atoms with Crippen LogP contribution in [0.25, 0.3) is 0 Å². The molecule has 0 spiro atoms. The number of nitrogens with zero attached hydrogens (tertiary/aromatic N) is 1. The fourth-order valence-corrected chi connectivity index (χ4v) is 1.39. The first kappa shape index (κ1) is 11.8. The van der Waals surface area contributed by atoms with E-state index in [-0.39, 0.29) is 17.3 Å². The molecule has 0 aliphatic carbocycles. The van der Waals surface area contributed by atoms with Crippen LogP contribution in [0.4, 0.5) is 10.6 Å². The van der Waals surface area contributed by atoms with Gasteiger partial charge in [-0.3, -0.25) is 5.32 Å². The van der Waals surface area contributed by atoms with Gasteiger partial charge < -0.3 is 9.84 Å². The van der Waals surface area contributed by atoms with Crippen molar-refractivity contribution in [2.45, 2.75) is 26.2 Å². The van der Waals surface area contributed by atoms with Gasteiger partial charge in [0.15, 0.2) is 11.6 Å². The minimum atomic E-state index is -0.384. The summed E-state index contributed by atoms with van der Waals surface area (Å²) in [6.07, 6.45) is 0. The summed E-state index contributed by atoms with van der Waals surface area (Å²) in [5.41, 5.74) is -0.243. The van der Waals surface area contributed by atoms with Gasteiger partial charge in [0.1, 0.15) is 5.02 Å². The summed E-state index contributed by atoms with van der Waals surface area (Å²) in [6, 6.07) is -0.384. The smallest absolute Gasteiger partial charge is 0.320 e. The van der Waals surface area contributed by atoms with Gasteiger partial charge in [0.25, 0.3) is 0 Å². The number of hydrogen-bond acceptors (Lipinski definition) is 3. The highest BCUT2D eigenvalue weighted by Gasteiger charge is 2.26. The van der Waals surface area contributed by atoms with Crippen LogP contribution >= 0.6 is 11.6 Å². The molecule has 0 fully saturated rings. The molecule has 1 aromatic rings. The molecule has 0 aromatic carbocycles. The van der Waals surface area contributed by atoms with Crippen molar-refractivity contribution < 1.29 is 9.32 Å². The Morgan fingerprint density at radius 2 is 2.07 bits per heavy atom. The number of amides is 2. The molecule has 0 unspecified atom stereocenters. The molecule has 6 heteroatoms. The van der Waals surface area contributed by atoms with Crippen LogP contribution in [0, 0.1) is 0 Å². The first-order chi connectivity index (χ1) is 6.86. The van der Waals surface area contributed by atoms with Crippen LogP contribution in [0.1, 0.15) is 26.5 Å². The predicted molar refractivity (Wildman–Crippen MR) is 58.3 cm³/mol. The average Bonchev–Trinajstić information content (AvgIpc) is 2.47. The van der Waals surface area contributed by atoms with Crippen LogP contribution in [-0.2, 0) is 5.41 Å². The molecular formula is C9H14ClN3O2. The Morgan fingerprint density at radius 3 is 2.47 bits per heavy atom. The second kappa shape index (κ2) is 4.10. The van der Waals surface area contributed by atoms with E-state index in [1.807, 2.05) is 20.8 Å². The van der Waals surface area contributed by atoms with Gasteiger partial charge in [-0.15, -0.1) is 0 Å². The summed E-state index contributed by atoms with van der Waals surface area (Å²) in [6.45, 7) is 5.84. The molecule has 0 saturated heterocycles. The number of rotatable bonds is 1. The third-order valence-electron chi connectivity index (χ3n) is 1.78. The van der Waals surface area contributed by atoms with Crippen molar-refractivity contribution >= 4 is 23.4 Å². The number of carbonyl (C=O) groups excluding carboxylic acids is 1. The normalized spacial score (nSPS) is 11.3. The molecule has 0 aliphatic rings. The largest absolute Gasteiger partial charge is 0.357 e. The molecular weight excluding hydrogens is 218 g/mol. The standard InChI is InChI=1S/C9H14ClN3O2/c1-9(2,3)6-5(10)7(13-15-6)12-8(14)11-4/h1-4H3,(H2,11,12,13,14). The number of aromatic nitrogens is 1. The highest BCUT2D eigenvalue weighted by molar-refractivity contribution is 6.34. The molecule has 0 radical (unpaired) electrons. The first-order valence-electron chi connectivity index (χ1n) is 4.50. The van der Waals surface area contributed by atoms with E-state index in [9.17, 15) is 4.79 Å². The van der Waals surface area contributed by atoms with E-state index in [4.69, 9.17) is 16.1 Å². The third kappa shape index (κ3) is 2.62. The molecule has 0 saturated carbocycles. The maximum Gasteiger partial charge on any atom is 0.320 e. The Bertz CT molecular complexity index is 368. The van der Waals surface area contributed by atoms with Crippen molar-refractivity contribution in [1.82, 2.24) is 10.5 Å². The Kier molecular flexibility index (Phi) is 3.24. The summed E-state index contributed by atoms with van der Waals surface area (Å²) in [4.78, 5) is 11.0. The topological polar surface area (TPSA) is 67.2 Å². The molecule has 0 bridgehead atoms. The van der Waals surface area contributed by atoms with Gasteiger partial charge in [0.05, 0.1) is 0 Å². The summed E-state index contributed by atoms with van der Waals surface area (Å²) < 4.78 is 5.08. The number of nitrogens with one attached hydrogen (secondary N) is 2. The lowest BCUT2D eigenvalue weighted by molar-refractivity contribution is 0.253.